The predicted octanol–water partition coefficient (Wildman–Crippen LogP) is 0.223. The summed E-state index contributed by atoms with van der Waals surface area (Å²) in [5, 5.41) is 2.80. The van der Waals surface area contributed by atoms with E-state index in [9.17, 15) is 17.6 Å². The van der Waals surface area contributed by atoms with Crippen LogP contribution in [0.3, 0.4) is 0 Å². The van der Waals surface area contributed by atoms with Crippen LogP contribution in [0.5, 0.6) is 0 Å². The van der Waals surface area contributed by atoms with Gasteiger partial charge in [-0.1, -0.05) is 0 Å². The van der Waals surface area contributed by atoms with E-state index in [1.54, 1.807) is 18.5 Å². The van der Waals surface area contributed by atoms with Gasteiger partial charge in [0.15, 0.2) is 0 Å². The minimum atomic E-state index is -3.76. The van der Waals surface area contributed by atoms with Crippen molar-refractivity contribution in [1.82, 2.24) is 24.9 Å². The highest BCUT2D eigenvalue weighted by atomic mass is 32.2. The first kappa shape index (κ1) is 22.1. The number of anilines is 1. The lowest BCUT2D eigenvalue weighted by atomic mass is 10.3. The Morgan fingerprint density at radius 1 is 1.03 bits per heavy atom. The molecule has 1 amide bonds. The van der Waals surface area contributed by atoms with Crippen LogP contribution in [0.4, 0.5) is 10.3 Å². The molecule has 0 radical (unpaired) electrons. The first-order valence-electron chi connectivity index (χ1n) is 9.70. The highest BCUT2D eigenvalue weighted by Crippen LogP contribution is 2.10. The molecule has 3 rings (SSSR count). The molecule has 11 heteroatoms. The monoisotopic (exact) mass is 436 g/mol. The Kier molecular flexibility index (Phi) is 7.66. The van der Waals surface area contributed by atoms with Crippen LogP contribution >= 0.6 is 0 Å². The molecule has 2 aromatic rings. The average molecular weight is 437 g/mol. The number of benzene rings is 1. The molecule has 0 atom stereocenters. The normalized spacial score (nSPS) is 15.2. The van der Waals surface area contributed by atoms with Crippen molar-refractivity contribution in [3.63, 3.8) is 0 Å². The van der Waals surface area contributed by atoms with Gasteiger partial charge in [-0.05, 0) is 30.3 Å². The molecule has 9 nitrogen and oxygen atoms in total. The Morgan fingerprint density at radius 2 is 1.70 bits per heavy atom. The maximum absolute atomic E-state index is 12.9. The van der Waals surface area contributed by atoms with Gasteiger partial charge < -0.3 is 10.2 Å². The molecule has 0 saturated carbocycles. The summed E-state index contributed by atoms with van der Waals surface area (Å²) in [6.07, 6.45) is 3.48. The predicted molar refractivity (Wildman–Crippen MR) is 110 cm³/mol. The van der Waals surface area contributed by atoms with E-state index in [1.807, 2.05) is 0 Å². The Labute approximate surface area is 175 Å². The van der Waals surface area contributed by atoms with Gasteiger partial charge in [0.2, 0.25) is 21.9 Å². The Morgan fingerprint density at radius 3 is 2.37 bits per heavy atom. The number of aromatic nitrogens is 2. The number of amides is 1. The van der Waals surface area contributed by atoms with Gasteiger partial charge in [0.05, 0.1) is 4.90 Å². The third kappa shape index (κ3) is 6.44. The molecule has 0 spiro atoms. The molecule has 1 aliphatic heterocycles. The summed E-state index contributed by atoms with van der Waals surface area (Å²) < 4.78 is 39.4. The first-order valence-corrected chi connectivity index (χ1v) is 11.2. The summed E-state index contributed by atoms with van der Waals surface area (Å²) in [5.74, 6) is -0.00943. The summed E-state index contributed by atoms with van der Waals surface area (Å²) >= 11 is 0. The minimum absolute atomic E-state index is 0.0265. The van der Waals surface area contributed by atoms with Gasteiger partial charge in [-0.2, -0.15) is 0 Å². The maximum Gasteiger partial charge on any atom is 0.240 e. The van der Waals surface area contributed by atoms with Crippen molar-refractivity contribution in [1.29, 1.82) is 0 Å². The summed E-state index contributed by atoms with van der Waals surface area (Å²) in [6, 6.07) is 6.31. The molecule has 0 unspecified atom stereocenters. The van der Waals surface area contributed by atoms with Crippen molar-refractivity contribution in [2.24, 2.45) is 0 Å². The quantitative estimate of drug-likeness (QED) is 0.579. The van der Waals surface area contributed by atoms with Crippen LogP contribution in [0.15, 0.2) is 47.6 Å². The highest BCUT2D eigenvalue weighted by Gasteiger charge is 2.18. The molecular weight excluding hydrogens is 411 g/mol. The van der Waals surface area contributed by atoms with Gasteiger partial charge in [-0.25, -0.2) is 27.5 Å². The minimum Gasteiger partial charge on any atom is -0.355 e. The number of sulfonamides is 1. The first-order chi connectivity index (χ1) is 14.4. The molecular formula is C19H25FN6O3S. The third-order valence-corrected chi connectivity index (χ3v) is 6.20. The fraction of sp³-hybridized carbons (Fsp3) is 0.421. The molecule has 1 saturated heterocycles. The van der Waals surface area contributed by atoms with Crippen LogP contribution in [0.1, 0.15) is 6.42 Å². The highest BCUT2D eigenvalue weighted by molar-refractivity contribution is 7.89. The smallest absolute Gasteiger partial charge is 0.240 e. The number of carbonyl (C=O) groups is 1. The number of carbonyl (C=O) groups excluding carboxylic acids is 1. The van der Waals surface area contributed by atoms with Crippen LogP contribution < -0.4 is 14.9 Å². The second-order valence-electron chi connectivity index (χ2n) is 6.83. The molecule has 2 N–H and O–H groups in total. The van der Waals surface area contributed by atoms with Gasteiger partial charge in [0.25, 0.3) is 0 Å². The molecule has 2 heterocycles. The summed E-state index contributed by atoms with van der Waals surface area (Å²) in [6.45, 7) is 4.53. The van der Waals surface area contributed by atoms with E-state index in [0.717, 1.165) is 50.8 Å². The van der Waals surface area contributed by atoms with Crippen molar-refractivity contribution in [3.8, 4) is 0 Å². The average Bonchev–Trinajstić information content (AvgIpc) is 2.75. The molecule has 1 fully saturated rings. The number of nitrogens with zero attached hydrogens (tertiary/aromatic N) is 4. The molecule has 0 bridgehead atoms. The number of rotatable bonds is 9. The van der Waals surface area contributed by atoms with Gasteiger partial charge in [0, 0.05) is 64.6 Å². The van der Waals surface area contributed by atoms with E-state index in [0.29, 0.717) is 6.54 Å². The van der Waals surface area contributed by atoms with Crippen LogP contribution in [0.2, 0.25) is 0 Å². The summed E-state index contributed by atoms with van der Waals surface area (Å²) in [7, 11) is -3.76. The standard InChI is InChI=1S/C19H25FN6O3S/c20-16-2-4-17(5-3-16)30(28,29)24-9-6-18(27)21-10-11-25-12-14-26(15-13-25)19-22-7-1-8-23-19/h1-5,7-8,24H,6,9-15H2,(H,21,27). The zero-order valence-corrected chi connectivity index (χ0v) is 17.3. The molecule has 0 aliphatic carbocycles. The second kappa shape index (κ2) is 10.4. The Balaban J connectivity index is 1.30. The largest absolute Gasteiger partial charge is 0.355 e. The van der Waals surface area contributed by atoms with E-state index in [4.69, 9.17) is 0 Å². The van der Waals surface area contributed by atoms with E-state index >= 15 is 0 Å². The lowest BCUT2D eigenvalue weighted by Crippen LogP contribution is -2.49. The van der Waals surface area contributed by atoms with Crippen LogP contribution in [0.25, 0.3) is 0 Å². The number of nitrogens with one attached hydrogen (secondary N) is 2. The molecule has 1 aliphatic rings. The van der Waals surface area contributed by atoms with E-state index in [-0.39, 0.29) is 23.8 Å². The lowest BCUT2D eigenvalue weighted by Gasteiger charge is -2.34. The van der Waals surface area contributed by atoms with Gasteiger partial charge in [0.1, 0.15) is 5.82 Å². The Bertz CT molecular complexity index is 919. The Hall–Kier alpha value is -2.63. The van der Waals surface area contributed by atoms with Gasteiger partial charge in [-0.3, -0.25) is 9.69 Å². The fourth-order valence-electron chi connectivity index (χ4n) is 3.06. The topological polar surface area (TPSA) is 108 Å². The zero-order chi connectivity index (χ0) is 21.4. The van der Waals surface area contributed by atoms with Gasteiger partial charge >= 0.3 is 0 Å². The third-order valence-electron chi connectivity index (χ3n) is 4.73. The van der Waals surface area contributed by atoms with Gasteiger partial charge in [-0.15, -0.1) is 0 Å². The molecule has 1 aromatic carbocycles. The van der Waals surface area contributed by atoms with Crippen molar-refractivity contribution in [2.75, 3.05) is 50.7 Å². The van der Waals surface area contributed by atoms with E-state index in [1.165, 1.54) is 12.1 Å². The number of hydrogen-bond donors (Lipinski definition) is 2. The fourth-order valence-corrected chi connectivity index (χ4v) is 4.10. The van der Waals surface area contributed by atoms with Crippen molar-refractivity contribution >= 4 is 21.9 Å². The van der Waals surface area contributed by atoms with E-state index < -0.39 is 15.8 Å². The number of piperazine rings is 1. The maximum atomic E-state index is 12.9. The zero-order valence-electron chi connectivity index (χ0n) is 16.5. The number of halogens is 1. The van der Waals surface area contributed by atoms with Crippen LogP contribution in [0, 0.1) is 5.82 Å². The second-order valence-corrected chi connectivity index (χ2v) is 8.60. The van der Waals surface area contributed by atoms with Crippen molar-refractivity contribution in [2.45, 2.75) is 11.3 Å². The molecule has 1 aromatic heterocycles. The number of hydrogen-bond acceptors (Lipinski definition) is 7. The summed E-state index contributed by atoms with van der Waals surface area (Å²) in [4.78, 5) is 24.8. The lowest BCUT2D eigenvalue weighted by molar-refractivity contribution is -0.120. The summed E-state index contributed by atoms with van der Waals surface area (Å²) in [5.41, 5.74) is 0. The SMILES string of the molecule is O=C(CCNS(=O)(=O)c1ccc(F)cc1)NCCN1CCN(c2ncccn2)CC1. The molecule has 30 heavy (non-hydrogen) atoms. The van der Waals surface area contributed by atoms with E-state index in [2.05, 4.69) is 29.8 Å². The van der Waals surface area contributed by atoms with Crippen molar-refractivity contribution < 1.29 is 17.6 Å². The van der Waals surface area contributed by atoms with Crippen molar-refractivity contribution in [3.05, 3.63) is 48.5 Å². The van der Waals surface area contributed by atoms with Crippen LogP contribution in [-0.4, -0.2) is 75.0 Å². The molecule has 162 valence electrons. The van der Waals surface area contributed by atoms with Crippen LogP contribution in [-0.2, 0) is 14.8 Å².